The molecule has 0 amide bonds. The summed E-state index contributed by atoms with van der Waals surface area (Å²) in [5.74, 6) is 0.564. The van der Waals surface area contributed by atoms with Gasteiger partial charge in [0.05, 0.1) is 6.61 Å². The molecule has 4 heteroatoms. The number of pyridine rings is 1. The normalized spacial score (nSPS) is 13.1. The van der Waals surface area contributed by atoms with E-state index in [0.717, 1.165) is 12.0 Å². The molecule has 2 N–H and O–H groups in total. The Labute approximate surface area is 102 Å². The van der Waals surface area contributed by atoms with Gasteiger partial charge in [0.2, 0.25) is 0 Å². The van der Waals surface area contributed by atoms with Crippen LogP contribution in [0.4, 0.5) is 0 Å². The van der Waals surface area contributed by atoms with Crippen molar-refractivity contribution in [3.63, 3.8) is 0 Å². The second kappa shape index (κ2) is 6.84. The minimum Gasteiger partial charge on any atom is -0.395 e. The molecule has 0 fully saturated rings. The standard InChI is InChI=1S/C12H19ClN2O/c1-9(2)6-11(8-16)15-7-10-4-3-5-14-12(10)13/h3-5,9,11,15-16H,6-8H2,1-2H3. The van der Waals surface area contributed by atoms with Gasteiger partial charge < -0.3 is 10.4 Å². The Morgan fingerprint density at radius 2 is 2.25 bits per heavy atom. The summed E-state index contributed by atoms with van der Waals surface area (Å²) < 4.78 is 0. The average molecular weight is 243 g/mol. The number of nitrogens with zero attached hydrogens (tertiary/aromatic N) is 1. The molecule has 0 saturated heterocycles. The molecular formula is C12H19ClN2O. The van der Waals surface area contributed by atoms with E-state index in [1.165, 1.54) is 0 Å². The zero-order valence-corrected chi connectivity index (χ0v) is 10.5. The third-order valence-corrected chi connectivity index (χ3v) is 2.73. The zero-order valence-electron chi connectivity index (χ0n) is 9.78. The molecule has 1 aromatic rings. The van der Waals surface area contributed by atoms with Gasteiger partial charge in [-0.2, -0.15) is 0 Å². The SMILES string of the molecule is CC(C)CC(CO)NCc1cccnc1Cl. The first-order chi connectivity index (χ1) is 7.63. The molecule has 1 heterocycles. The number of halogens is 1. The van der Waals surface area contributed by atoms with Crippen LogP contribution in [-0.4, -0.2) is 22.7 Å². The van der Waals surface area contributed by atoms with Gasteiger partial charge in [0.15, 0.2) is 0 Å². The highest BCUT2D eigenvalue weighted by atomic mass is 35.5. The van der Waals surface area contributed by atoms with Crippen molar-refractivity contribution in [3.05, 3.63) is 29.0 Å². The highest BCUT2D eigenvalue weighted by molar-refractivity contribution is 6.30. The van der Waals surface area contributed by atoms with Crippen LogP contribution >= 0.6 is 11.6 Å². The Morgan fingerprint density at radius 3 is 2.81 bits per heavy atom. The van der Waals surface area contributed by atoms with Crippen molar-refractivity contribution in [2.75, 3.05) is 6.61 Å². The molecule has 0 aliphatic rings. The van der Waals surface area contributed by atoms with Gasteiger partial charge >= 0.3 is 0 Å². The molecule has 0 spiro atoms. The lowest BCUT2D eigenvalue weighted by Crippen LogP contribution is -2.33. The fraction of sp³-hybridized carbons (Fsp3) is 0.583. The van der Waals surface area contributed by atoms with E-state index in [2.05, 4.69) is 24.1 Å². The van der Waals surface area contributed by atoms with Crippen molar-refractivity contribution in [2.45, 2.75) is 32.9 Å². The van der Waals surface area contributed by atoms with E-state index in [1.54, 1.807) is 6.20 Å². The predicted octanol–water partition coefficient (Wildman–Crippen LogP) is 2.23. The van der Waals surface area contributed by atoms with E-state index in [0.29, 0.717) is 17.6 Å². The molecule has 16 heavy (non-hydrogen) atoms. The molecule has 0 aliphatic carbocycles. The van der Waals surface area contributed by atoms with Gasteiger partial charge in [-0.05, 0) is 18.4 Å². The summed E-state index contributed by atoms with van der Waals surface area (Å²) in [4.78, 5) is 4.01. The maximum absolute atomic E-state index is 9.21. The number of rotatable bonds is 6. The zero-order chi connectivity index (χ0) is 12.0. The second-order valence-corrected chi connectivity index (χ2v) is 4.70. The molecular weight excluding hydrogens is 224 g/mol. The van der Waals surface area contributed by atoms with Gasteiger partial charge in [-0.15, -0.1) is 0 Å². The summed E-state index contributed by atoms with van der Waals surface area (Å²) in [6.07, 6.45) is 2.62. The van der Waals surface area contributed by atoms with Crippen molar-refractivity contribution >= 4 is 11.6 Å². The van der Waals surface area contributed by atoms with E-state index < -0.39 is 0 Å². The largest absolute Gasteiger partial charge is 0.395 e. The molecule has 1 atom stereocenters. The molecule has 0 aliphatic heterocycles. The number of aromatic nitrogens is 1. The van der Waals surface area contributed by atoms with Crippen LogP contribution in [-0.2, 0) is 6.54 Å². The summed E-state index contributed by atoms with van der Waals surface area (Å²) in [7, 11) is 0. The Hall–Kier alpha value is -0.640. The van der Waals surface area contributed by atoms with Crippen LogP contribution in [0.1, 0.15) is 25.8 Å². The number of aliphatic hydroxyl groups is 1. The van der Waals surface area contributed by atoms with Crippen molar-refractivity contribution in [1.29, 1.82) is 0 Å². The van der Waals surface area contributed by atoms with Crippen LogP contribution in [0, 0.1) is 5.92 Å². The molecule has 0 radical (unpaired) electrons. The average Bonchev–Trinajstić information content (AvgIpc) is 2.25. The first kappa shape index (κ1) is 13.4. The van der Waals surface area contributed by atoms with Crippen LogP contribution < -0.4 is 5.32 Å². The lowest BCUT2D eigenvalue weighted by atomic mass is 10.0. The predicted molar refractivity (Wildman–Crippen MR) is 66.4 cm³/mol. The van der Waals surface area contributed by atoms with E-state index in [1.807, 2.05) is 12.1 Å². The monoisotopic (exact) mass is 242 g/mol. The summed E-state index contributed by atoms with van der Waals surface area (Å²) in [6.45, 7) is 5.07. The fourth-order valence-corrected chi connectivity index (χ4v) is 1.78. The van der Waals surface area contributed by atoms with E-state index in [4.69, 9.17) is 11.6 Å². The molecule has 1 aromatic heterocycles. The number of hydrogen-bond donors (Lipinski definition) is 2. The van der Waals surface area contributed by atoms with Gasteiger partial charge in [0.25, 0.3) is 0 Å². The lowest BCUT2D eigenvalue weighted by molar-refractivity contribution is 0.223. The first-order valence-corrected chi connectivity index (χ1v) is 5.95. The second-order valence-electron chi connectivity index (χ2n) is 4.34. The van der Waals surface area contributed by atoms with Gasteiger partial charge in [-0.1, -0.05) is 31.5 Å². The van der Waals surface area contributed by atoms with Gasteiger partial charge in [-0.25, -0.2) is 4.98 Å². The molecule has 90 valence electrons. The maximum atomic E-state index is 9.21. The molecule has 0 saturated carbocycles. The van der Waals surface area contributed by atoms with Crippen LogP contribution in [0.3, 0.4) is 0 Å². The fourth-order valence-electron chi connectivity index (χ4n) is 1.60. The third-order valence-electron chi connectivity index (χ3n) is 2.39. The topological polar surface area (TPSA) is 45.1 Å². The summed E-state index contributed by atoms with van der Waals surface area (Å²) in [5.41, 5.74) is 0.964. The highest BCUT2D eigenvalue weighted by Gasteiger charge is 2.09. The van der Waals surface area contributed by atoms with Gasteiger partial charge in [0, 0.05) is 24.3 Å². The molecule has 1 unspecified atom stereocenters. The Morgan fingerprint density at radius 1 is 1.50 bits per heavy atom. The number of aliphatic hydroxyl groups excluding tert-OH is 1. The van der Waals surface area contributed by atoms with Crippen molar-refractivity contribution in [3.8, 4) is 0 Å². The molecule has 1 rings (SSSR count). The maximum Gasteiger partial charge on any atom is 0.133 e. The van der Waals surface area contributed by atoms with E-state index >= 15 is 0 Å². The number of nitrogens with one attached hydrogen (secondary N) is 1. The van der Waals surface area contributed by atoms with Crippen molar-refractivity contribution in [2.24, 2.45) is 5.92 Å². The Balaban J connectivity index is 2.46. The van der Waals surface area contributed by atoms with Crippen LogP contribution in [0.15, 0.2) is 18.3 Å². The van der Waals surface area contributed by atoms with Crippen molar-refractivity contribution in [1.82, 2.24) is 10.3 Å². The van der Waals surface area contributed by atoms with E-state index in [-0.39, 0.29) is 12.6 Å². The summed E-state index contributed by atoms with van der Waals surface area (Å²) in [5, 5.41) is 13.0. The van der Waals surface area contributed by atoms with Crippen LogP contribution in [0.5, 0.6) is 0 Å². The minimum atomic E-state index is 0.122. The Kier molecular flexibility index (Phi) is 5.74. The van der Waals surface area contributed by atoms with Gasteiger partial charge in [-0.3, -0.25) is 0 Å². The summed E-state index contributed by atoms with van der Waals surface area (Å²) in [6, 6.07) is 3.92. The van der Waals surface area contributed by atoms with E-state index in [9.17, 15) is 5.11 Å². The van der Waals surface area contributed by atoms with Crippen molar-refractivity contribution < 1.29 is 5.11 Å². The molecule has 3 nitrogen and oxygen atoms in total. The number of hydrogen-bond acceptors (Lipinski definition) is 3. The third kappa shape index (κ3) is 4.47. The quantitative estimate of drug-likeness (QED) is 0.752. The summed E-state index contributed by atoms with van der Waals surface area (Å²) >= 11 is 5.94. The molecule has 0 bridgehead atoms. The lowest BCUT2D eigenvalue weighted by Gasteiger charge is -2.18. The Bertz CT molecular complexity index is 318. The minimum absolute atomic E-state index is 0.122. The van der Waals surface area contributed by atoms with Crippen LogP contribution in [0.25, 0.3) is 0 Å². The highest BCUT2D eigenvalue weighted by Crippen LogP contribution is 2.12. The molecule has 0 aromatic carbocycles. The smallest absolute Gasteiger partial charge is 0.133 e. The van der Waals surface area contributed by atoms with Gasteiger partial charge in [0.1, 0.15) is 5.15 Å². The first-order valence-electron chi connectivity index (χ1n) is 5.57. The van der Waals surface area contributed by atoms with Crippen LogP contribution in [0.2, 0.25) is 5.15 Å².